The molecule has 0 amide bonds. The molecule has 0 heterocycles. The Hall–Kier alpha value is -2.03. The Morgan fingerprint density at radius 2 is 1.92 bits per heavy atom. The lowest BCUT2D eigenvalue weighted by Crippen LogP contribution is -2.30. The van der Waals surface area contributed by atoms with Gasteiger partial charge in [-0.25, -0.2) is 0 Å². The van der Waals surface area contributed by atoms with Crippen molar-refractivity contribution >= 4 is 16.1 Å². The summed E-state index contributed by atoms with van der Waals surface area (Å²) in [5, 5.41) is 9.30. The maximum atomic E-state index is 12.5. The number of rotatable bonds is 7. The van der Waals surface area contributed by atoms with E-state index in [0.717, 1.165) is 6.07 Å². The Labute approximate surface area is 144 Å². The van der Waals surface area contributed by atoms with Crippen LogP contribution >= 0.6 is 0 Å². The second-order valence-corrected chi connectivity index (χ2v) is 7.63. The molecular formula is C16H19F3O5S. The molecule has 0 aliphatic carbocycles. The first-order valence-electron chi connectivity index (χ1n) is 7.22. The second kappa shape index (κ2) is 7.07. The minimum absolute atomic E-state index is 0.0524. The van der Waals surface area contributed by atoms with Crippen molar-refractivity contribution in [2.24, 2.45) is 5.41 Å². The van der Waals surface area contributed by atoms with Crippen molar-refractivity contribution in [1.29, 1.82) is 0 Å². The number of halogens is 3. The van der Waals surface area contributed by atoms with Crippen LogP contribution in [-0.2, 0) is 21.3 Å². The van der Waals surface area contributed by atoms with Crippen LogP contribution in [0.2, 0.25) is 0 Å². The van der Waals surface area contributed by atoms with E-state index in [2.05, 4.69) is 10.8 Å². The van der Waals surface area contributed by atoms with Gasteiger partial charge in [-0.15, -0.1) is 6.58 Å². The molecule has 0 saturated carbocycles. The van der Waals surface area contributed by atoms with E-state index in [1.807, 2.05) is 0 Å². The molecule has 1 aromatic rings. The van der Waals surface area contributed by atoms with Crippen LogP contribution in [-0.4, -0.2) is 25.0 Å². The summed E-state index contributed by atoms with van der Waals surface area (Å²) < 4.78 is 64.1. The normalized spacial score (nSPS) is 14.0. The Balaban J connectivity index is 3.34. The highest BCUT2D eigenvalue weighted by Gasteiger charge is 2.48. The van der Waals surface area contributed by atoms with E-state index in [1.165, 1.54) is 32.1 Å². The summed E-state index contributed by atoms with van der Waals surface area (Å²) in [6.07, 6.45) is 1.43. The van der Waals surface area contributed by atoms with Crippen LogP contribution in [0, 0.1) is 5.41 Å². The highest BCUT2D eigenvalue weighted by Crippen LogP contribution is 2.38. The summed E-state index contributed by atoms with van der Waals surface area (Å²) in [5.74, 6) is -1.99. The Morgan fingerprint density at radius 1 is 1.36 bits per heavy atom. The van der Waals surface area contributed by atoms with E-state index in [1.54, 1.807) is 6.92 Å². The molecule has 1 aromatic carbocycles. The quantitative estimate of drug-likeness (QED) is 0.441. The summed E-state index contributed by atoms with van der Waals surface area (Å²) in [4.78, 5) is 11.4. The van der Waals surface area contributed by atoms with Gasteiger partial charge in [0.1, 0.15) is 5.75 Å². The third-order valence-corrected chi connectivity index (χ3v) is 5.03. The molecule has 0 bridgehead atoms. The van der Waals surface area contributed by atoms with Gasteiger partial charge in [-0.1, -0.05) is 25.1 Å². The van der Waals surface area contributed by atoms with Gasteiger partial charge >= 0.3 is 21.6 Å². The fourth-order valence-electron chi connectivity index (χ4n) is 2.03. The molecule has 1 unspecified atom stereocenters. The molecule has 1 rings (SSSR count). The molecule has 9 heteroatoms. The zero-order valence-corrected chi connectivity index (χ0v) is 14.7. The van der Waals surface area contributed by atoms with Crippen molar-refractivity contribution < 1.29 is 35.7 Å². The van der Waals surface area contributed by atoms with Gasteiger partial charge in [-0.2, -0.15) is 21.6 Å². The first kappa shape index (κ1) is 21.0. The van der Waals surface area contributed by atoms with Gasteiger partial charge in [0.05, 0.1) is 5.41 Å². The molecule has 0 spiro atoms. The molecular weight excluding hydrogens is 361 g/mol. The first-order valence-corrected chi connectivity index (χ1v) is 8.62. The summed E-state index contributed by atoms with van der Waals surface area (Å²) >= 11 is 0. The number of benzene rings is 1. The highest BCUT2D eigenvalue weighted by molar-refractivity contribution is 7.88. The summed E-state index contributed by atoms with van der Waals surface area (Å²) in [7, 11) is -5.79. The minimum atomic E-state index is -5.79. The number of allylic oxidation sites excluding steroid dienone is 1. The molecule has 0 fully saturated rings. The van der Waals surface area contributed by atoms with Crippen molar-refractivity contribution in [3.05, 3.63) is 42.0 Å². The number of carbonyl (C=O) groups is 1. The van der Waals surface area contributed by atoms with E-state index >= 15 is 0 Å². The third kappa shape index (κ3) is 4.53. The molecule has 0 aliphatic rings. The van der Waals surface area contributed by atoms with Crippen LogP contribution in [0.5, 0.6) is 5.75 Å². The molecule has 0 aromatic heterocycles. The van der Waals surface area contributed by atoms with Gasteiger partial charge in [-0.05, 0) is 43.4 Å². The molecule has 25 heavy (non-hydrogen) atoms. The molecule has 1 atom stereocenters. The average Bonchev–Trinajstić information content (AvgIpc) is 2.46. The van der Waals surface area contributed by atoms with E-state index in [9.17, 15) is 31.5 Å². The predicted molar refractivity (Wildman–Crippen MR) is 85.8 cm³/mol. The molecule has 0 aliphatic heterocycles. The number of hydrogen-bond acceptors (Lipinski definition) is 4. The van der Waals surface area contributed by atoms with Gasteiger partial charge in [0.15, 0.2) is 0 Å². The van der Waals surface area contributed by atoms with Gasteiger partial charge in [0.2, 0.25) is 0 Å². The van der Waals surface area contributed by atoms with Gasteiger partial charge in [0, 0.05) is 0 Å². The predicted octanol–water partition coefficient (Wildman–Crippen LogP) is 3.86. The fraction of sp³-hybridized carbons (Fsp3) is 0.438. The zero-order chi connectivity index (χ0) is 19.6. The van der Waals surface area contributed by atoms with E-state index in [4.69, 9.17) is 0 Å². The largest absolute Gasteiger partial charge is 0.534 e. The molecule has 5 nitrogen and oxygen atoms in total. The molecule has 0 saturated heterocycles. The Morgan fingerprint density at radius 3 is 2.36 bits per heavy atom. The Kier molecular flexibility index (Phi) is 5.94. The minimum Gasteiger partial charge on any atom is -0.481 e. The van der Waals surface area contributed by atoms with Gasteiger partial charge in [0.25, 0.3) is 0 Å². The van der Waals surface area contributed by atoms with Crippen molar-refractivity contribution in [3.63, 3.8) is 0 Å². The first-order chi connectivity index (χ1) is 11.2. The lowest BCUT2D eigenvalue weighted by atomic mass is 9.76. The molecule has 1 N–H and O–H groups in total. The SMILES string of the molecule is C=CCc1cc(C(C)C(C)(C)C(=O)O)ccc1OS(=O)(=O)C(F)(F)F. The van der Waals surface area contributed by atoms with E-state index < -0.39 is 38.7 Å². The van der Waals surface area contributed by atoms with Crippen LogP contribution in [0.15, 0.2) is 30.9 Å². The Bertz CT molecular complexity index is 766. The molecule has 140 valence electrons. The van der Waals surface area contributed by atoms with Gasteiger partial charge in [-0.3, -0.25) is 4.79 Å². The average molecular weight is 380 g/mol. The summed E-state index contributed by atoms with van der Waals surface area (Å²) in [6.45, 7) is 8.17. The van der Waals surface area contributed by atoms with Gasteiger partial charge < -0.3 is 9.29 Å². The number of carboxylic acid groups (broad SMARTS) is 1. The summed E-state index contributed by atoms with van der Waals surface area (Å²) in [5.41, 5.74) is -5.99. The number of alkyl halides is 3. The summed E-state index contributed by atoms with van der Waals surface area (Å²) in [6, 6.07) is 3.87. The fourth-order valence-corrected chi connectivity index (χ4v) is 2.53. The number of carboxylic acids is 1. The van der Waals surface area contributed by atoms with Crippen molar-refractivity contribution in [2.75, 3.05) is 0 Å². The molecule has 0 radical (unpaired) electrons. The highest BCUT2D eigenvalue weighted by atomic mass is 32.2. The van der Waals surface area contributed by atoms with E-state index in [-0.39, 0.29) is 12.0 Å². The number of hydrogen-bond donors (Lipinski definition) is 1. The van der Waals surface area contributed by atoms with E-state index in [0.29, 0.717) is 5.56 Å². The maximum absolute atomic E-state index is 12.5. The number of aliphatic carboxylic acids is 1. The smallest absolute Gasteiger partial charge is 0.481 e. The lowest BCUT2D eigenvalue weighted by Gasteiger charge is -2.28. The van der Waals surface area contributed by atoms with Crippen molar-refractivity contribution in [1.82, 2.24) is 0 Å². The van der Waals surface area contributed by atoms with Crippen molar-refractivity contribution in [2.45, 2.75) is 38.6 Å². The van der Waals surface area contributed by atoms with Crippen LogP contribution in [0.1, 0.15) is 37.8 Å². The zero-order valence-electron chi connectivity index (χ0n) is 13.9. The van der Waals surface area contributed by atoms with Crippen molar-refractivity contribution in [3.8, 4) is 5.75 Å². The van der Waals surface area contributed by atoms with Crippen LogP contribution in [0.25, 0.3) is 0 Å². The maximum Gasteiger partial charge on any atom is 0.534 e. The topological polar surface area (TPSA) is 80.7 Å². The third-order valence-electron chi connectivity index (χ3n) is 4.07. The monoisotopic (exact) mass is 380 g/mol. The van der Waals surface area contributed by atoms with Crippen LogP contribution in [0.4, 0.5) is 13.2 Å². The van der Waals surface area contributed by atoms with Crippen LogP contribution in [0.3, 0.4) is 0 Å². The van der Waals surface area contributed by atoms with Crippen LogP contribution < -0.4 is 4.18 Å². The lowest BCUT2D eigenvalue weighted by molar-refractivity contribution is -0.148. The standard InChI is InChI=1S/C16H19F3O5S/c1-5-6-12-9-11(10(2)15(3,4)14(20)21)7-8-13(12)24-25(22,23)16(17,18)19/h5,7-10H,1,6H2,2-4H3,(H,20,21). The second-order valence-electron chi connectivity index (χ2n) is 6.09.